The Morgan fingerprint density at radius 3 is 3.00 bits per heavy atom. The van der Waals surface area contributed by atoms with E-state index in [1.165, 1.54) is 4.88 Å². The van der Waals surface area contributed by atoms with Crippen LogP contribution in [0.4, 0.5) is 0 Å². The van der Waals surface area contributed by atoms with E-state index in [1.807, 2.05) is 12.1 Å². The smallest absolute Gasteiger partial charge is 0.0931 e. The zero-order valence-electron chi connectivity index (χ0n) is 8.83. The molecule has 3 nitrogen and oxygen atoms in total. The third kappa shape index (κ3) is 5.49. The number of hydrogen-bond donors (Lipinski definition) is 2. The van der Waals surface area contributed by atoms with Crippen molar-refractivity contribution >= 4 is 22.9 Å². The summed E-state index contributed by atoms with van der Waals surface area (Å²) in [5.41, 5.74) is 5.86. The first-order valence-corrected chi connectivity index (χ1v) is 6.11. The first-order chi connectivity index (χ1) is 7.22. The predicted molar refractivity (Wildman–Crippen MR) is 65.5 cm³/mol. The van der Waals surface area contributed by atoms with Gasteiger partial charge in [0.05, 0.1) is 4.34 Å². The molecule has 0 amide bonds. The lowest BCUT2D eigenvalue weighted by molar-refractivity contribution is 0.187. The molecule has 15 heavy (non-hydrogen) atoms. The second-order valence-corrected chi connectivity index (χ2v) is 5.18. The minimum atomic E-state index is 0.153. The normalized spacial score (nSPS) is 13.0. The molecule has 0 saturated carbocycles. The lowest BCUT2D eigenvalue weighted by Gasteiger charge is -2.11. The largest absolute Gasteiger partial charge is 0.385 e. The second-order valence-electron chi connectivity index (χ2n) is 3.38. The molecule has 0 aliphatic rings. The fraction of sp³-hybridized carbons (Fsp3) is 0.600. The highest BCUT2D eigenvalue weighted by atomic mass is 35.5. The number of ether oxygens (including phenoxy) is 1. The van der Waals surface area contributed by atoms with Crippen molar-refractivity contribution in [3.05, 3.63) is 21.3 Å². The molecule has 0 fully saturated rings. The van der Waals surface area contributed by atoms with E-state index in [-0.39, 0.29) is 6.04 Å². The van der Waals surface area contributed by atoms with Crippen molar-refractivity contribution in [2.24, 2.45) is 5.73 Å². The highest BCUT2D eigenvalue weighted by Crippen LogP contribution is 2.20. The van der Waals surface area contributed by atoms with Crippen molar-refractivity contribution < 1.29 is 4.74 Å². The standard InChI is InChI=1S/C10H17ClN2OS/c1-14-5-4-8(12)6-13-7-9-2-3-10(11)15-9/h2-3,8,13H,4-7,12H2,1H3. The molecule has 1 heterocycles. The lowest BCUT2D eigenvalue weighted by atomic mass is 10.2. The third-order valence-corrected chi connectivity index (χ3v) is 3.26. The van der Waals surface area contributed by atoms with Gasteiger partial charge in [-0.25, -0.2) is 0 Å². The number of nitrogens with one attached hydrogen (secondary N) is 1. The van der Waals surface area contributed by atoms with Gasteiger partial charge in [0, 0.05) is 37.7 Å². The fourth-order valence-electron chi connectivity index (χ4n) is 1.20. The minimum Gasteiger partial charge on any atom is -0.385 e. The highest BCUT2D eigenvalue weighted by molar-refractivity contribution is 7.16. The number of hydrogen-bond acceptors (Lipinski definition) is 4. The van der Waals surface area contributed by atoms with E-state index in [1.54, 1.807) is 18.4 Å². The molecular weight excluding hydrogens is 232 g/mol. The maximum Gasteiger partial charge on any atom is 0.0931 e. The quantitative estimate of drug-likeness (QED) is 0.774. The van der Waals surface area contributed by atoms with Crippen LogP contribution in [0.25, 0.3) is 0 Å². The molecule has 0 saturated heterocycles. The topological polar surface area (TPSA) is 47.3 Å². The zero-order chi connectivity index (χ0) is 11.1. The molecule has 0 spiro atoms. The second kappa shape index (κ2) is 7.19. The van der Waals surface area contributed by atoms with Gasteiger partial charge in [-0.2, -0.15) is 0 Å². The minimum absolute atomic E-state index is 0.153. The number of halogens is 1. The van der Waals surface area contributed by atoms with E-state index in [0.29, 0.717) is 6.61 Å². The highest BCUT2D eigenvalue weighted by Gasteiger charge is 2.02. The number of rotatable bonds is 7. The van der Waals surface area contributed by atoms with Gasteiger partial charge in [-0.15, -0.1) is 11.3 Å². The van der Waals surface area contributed by atoms with Gasteiger partial charge < -0.3 is 15.8 Å². The fourth-order valence-corrected chi connectivity index (χ4v) is 2.26. The van der Waals surface area contributed by atoms with Crippen molar-refractivity contribution in [1.82, 2.24) is 5.32 Å². The Hall–Kier alpha value is -0.130. The maximum absolute atomic E-state index is 5.86. The molecular formula is C10H17ClN2OS. The summed E-state index contributed by atoms with van der Waals surface area (Å²) in [6, 6.07) is 4.09. The summed E-state index contributed by atoms with van der Waals surface area (Å²) in [6.07, 6.45) is 0.884. The molecule has 1 rings (SSSR count). The summed E-state index contributed by atoms with van der Waals surface area (Å²) < 4.78 is 5.79. The van der Waals surface area contributed by atoms with E-state index >= 15 is 0 Å². The third-order valence-electron chi connectivity index (χ3n) is 2.03. The Bertz CT molecular complexity index is 280. The number of thiophene rings is 1. The average molecular weight is 249 g/mol. The van der Waals surface area contributed by atoms with Crippen LogP contribution < -0.4 is 11.1 Å². The van der Waals surface area contributed by atoms with Gasteiger partial charge >= 0.3 is 0 Å². The Balaban J connectivity index is 2.10. The number of nitrogens with two attached hydrogens (primary N) is 1. The van der Waals surface area contributed by atoms with Gasteiger partial charge in [-0.3, -0.25) is 0 Å². The van der Waals surface area contributed by atoms with Crippen molar-refractivity contribution in [2.45, 2.75) is 19.0 Å². The summed E-state index contributed by atoms with van der Waals surface area (Å²) in [6.45, 7) is 2.35. The monoisotopic (exact) mass is 248 g/mol. The van der Waals surface area contributed by atoms with E-state index in [9.17, 15) is 0 Å². The van der Waals surface area contributed by atoms with Crippen molar-refractivity contribution in [3.8, 4) is 0 Å². The lowest BCUT2D eigenvalue weighted by Crippen LogP contribution is -2.34. The van der Waals surface area contributed by atoms with Crippen LogP contribution >= 0.6 is 22.9 Å². The van der Waals surface area contributed by atoms with Crippen molar-refractivity contribution in [1.29, 1.82) is 0 Å². The van der Waals surface area contributed by atoms with Crippen LogP contribution in [-0.4, -0.2) is 26.3 Å². The van der Waals surface area contributed by atoms with Gasteiger partial charge in [-0.1, -0.05) is 11.6 Å². The summed E-state index contributed by atoms with van der Waals surface area (Å²) in [5.74, 6) is 0. The molecule has 1 atom stereocenters. The Labute approximate surface area is 99.6 Å². The van der Waals surface area contributed by atoms with Gasteiger partial charge in [0.15, 0.2) is 0 Å². The Kier molecular flexibility index (Phi) is 6.20. The molecule has 0 aromatic carbocycles. The van der Waals surface area contributed by atoms with E-state index < -0.39 is 0 Å². The van der Waals surface area contributed by atoms with Crippen LogP contribution in [0.5, 0.6) is 0 Å². The van der Waals surface area contributed by atoms with E-state index in [0.717, 1.165) is 23.8 Å². The SMILES string of the molecule is COCCC(N)CNCc1ccc(Cl)s1. The molecule has 1 unspecified atom stereocenters. The molecule has 86 valence electrons. The molecule has 3 N–H and O–H groups in total. The van der Waals surface area contributed by atoms with Gasteiger partial charge in [-0.05, 0) is 18.6 Å². The van der Waals surface area contributed by atoms with Gasteiger partial charge in [0.2, 0.25) is 0 Å². The van der Waals surface area contributed by atoms with Crippen LogP contribution in [0, 0.1) is 0 Å². The average Bonchev–Trinajstić information content (AvgIpc) is 2.61. The maximum atomic E-state index is 5.86. The number of methoxy groups -OCH3 is 1. The summed E-state index contributed by atoms with van der Waals surface area (Å²) >= 11 is 7.41. The van der Waals surface area contributed by atoms with Gasteiger partial charge in [0.25, 0.3) is 0 Å². The van der Waals surface area contributed by atoms with Gasteiger partial charge in [0.1, 0.15) is 0 Å². The first kappa shape index (κ1) is 12.9. The molecule has 0 aliphatic carbocycles. The Morgan fingerprint density at radius 1 is 1.60 bits per heavy atom. The van der Waals surface area contributed by atoms with Crippen molar-refractivity contribution in [2.75, 3.05) is 20.3 Å². The van der Waals surface area contributed by atoms with Crippen LogP contribution in [0.3, 0.4) is 0 Å². The van der Waals surface area contributed by atoms with Crippen LogP contribution in [-0.2, 0) is 11.3 Å². The molecule has 0 aliphatic heterocycles. The van der Waals surface area contributed by atoms with Crippen LogP contribution in [0.2, 0.25) is 4.34 Å². The van der Waals surface area contributed by atoms with Crippen LogP contribution in [0.1, 0.15) is 11.3 Å². The molecule has 1 aromatic rings. The Morgan fingerprint density at radius 2 is 2.40 bits per heavy atom. The molecule has 1 aromatic heterocycles. The first-order valence-electron chi connectivity index (χ1n) is 4.92. The summed E-state index contributed by atoms with van der Waals surface area (Å²) in [5, 5.41) is 3.29. The van der Waals surface area contributed by atoms with E-state index in [2.05, 4.69) is 5.32 Å². The molecule has 0 radical (unpaired) electrons. The van der Waals surface area contributed by atoms with E-state index in [4.69, 9.17) is 22.1 Å². The summed E-state index contributed by atoms with van der Waals surface area (Å²) in [4.78, 5) is 1.24. The summed E-state index contributed by atoms with van der Waals surface area (Å²) in [7, 11) is 1.69. The molecule has 5 heteroatoms. The predicted octanol–water partition coefficient (Wildman–Crippen LogP) is 1.85. The van der Waals surface area contributed by atoms with Crippen molar-refractivity contribution in [3.63, 3.8) is 0 Å². The zero-order valence-corrected chi connectivity index (χ0v) is 10.4. The molecule has 0 bridgehead atoms. The van der Waals surface area contributed by atoms with Crippen LogP contribution in [0.15, 0.2) is 12.1 Å².